The Bertz CT molecular complexity index is 1680. The minimum atomic E-state index is -0.965. The predicted octanol–water partition coefficient (Wildman–Crippen LogP) is 4.56. The van der Waals surface area contributed by atoms with Crippen LogP contribution in [0.4, 0.5) is 5.69 Å². The SMILES string of the molecule is Cc1ccccc1C(C(=O)NCc1ccccc1)N(C(=O)Cn1nnc2ccccc21)c1ccc2c(c1)OCO2. The molecule has 1 aliphatic rings. The molecule has 200 valence electrons. The first-order valence-corrected chi connectivity index (χ1v) is 13.0. The monoisotopic (exact) mass is 533 g/mol. The van der Waals surface area contributed by atoms with Crippen molar-refractivity contribution in [2.75, 3.05) is 11.7 Å². The summed E-state index contributed by atoms with van der Waals surface area (Å²) in [5, 5.41) is 11.5. The normalized spacial score (nSPS) is 12.7. The van der Waals surface area contributed by atoms with E-state index in [1.807, 2.05) is 85.8 Å². The number of carbonyl (C=O) groups is 2. The maximum absolute atomic E-state index is 14.2. The lowest BCUT2D eigenvalue weighted by Crippen LogP contribution is -2.45. The molecule has 0 radical (unpaired) electrons. The second-order valence-electron chi connectivity index (χ2n) is 9.50. The van der Waals surface area contributed by atoms with Crippen molar-refractivity contribution >= 4 is 28.5 Å². The number of aryl methyl sites for hydroxylation is 1. The van der Waals surface area contributed by atoms with E-state index in [1.54, 1.807) is 22.9 Å². The third-order valence-corrected chi connectivity index (χ3v) is 6.91. The van der Waals surface area contributed by atoms with Gasteiger partial charge < -0.3 is 14.8 Å². The number of aromatic nitrogens is 3. The van der Waals surface area contributed by atoms with Gasteiger partial charge in [-0.1, -0.05) is 71.9 Å². The Morgan fingerprint density at radius 3 is 2.52 bits per heavy atom. The number of hydrogen-bond acceptors (Lipinski definition) is 6. The summed E-state index contributed by atoms with van der Waals surface area (Å²) >= 11 is 0. The fourth-order valence-corrected chi connectivity index (χ4v) is 4.88. The zero-order chi connectivity index (χ0) is 27.5. The molecule has 9 nitrogen and oxygen atoms in total. The number of rotatable bonds is 8. The van der Waals surface area contributed by atoms with Crippen LogP contribution in [-0.2, 0) is 22.7 Å². The van der Waals surface area contributed by atoms with Gasteiger partial charge in [-0.2, -0.15) is 0 Å². The van der Waals surface area contributed by atoms with Crippen LogP contribution in [0.2, 0.25) is 0 Å². The molecule has 0 saturated carbocycles. The van der Waals surface area contributed by atoms with Crippen LogP contribution in [0.3, 0.4) is 0 Å². The van der Waals surface area contributed by atoms with Gasteiger partial charge in [0.2, 0.25) is 18.6 Å². The molecule has 5 aromatic rings. The molecule has 40 heavy (non-hydrogen) atoms. The summed E-state index contributed by atoms with van der Waals surface area (Å²) in [6.45, 7) is 2.22. The molecule has 6 rings (SSSR count). The van der Waals surface area contributed by atoms with Gasteiger partial charge in [0.15, 0.2) is 11.5 Å². The van der Waals surface area contributed by atoms with Crippen molar-refractivity contribution in [2.24, 2.45) is 0 Å². The molecule has 0 fully saturated rings. The van der Waals surface area contributed by atoms with Crippen molar-refractivity contribution in [3.8, 4) is 11.5 Å². The highest BCUT2D eigenvalue weighted by molar-refractivity contribution is 6.02. The fraction of sp³-hybridized carbons (Fsp3) is 0.161. The molecule has 1 aromatic heterocycles. The molecule has 0 bridgehead atoms. The second kappa shape index (κ2) is 10.9. The maximum Gasteiger partial charge on any atom is 0.249 e. The highest BCUT2D eigenvalue weighted by Gasteiger charge is 2.35. The number of nitrogens with one attached hydrogen (secondary N) is 1. The van der Waals surface area contributed by atoms with E-state index in [1.165, 1.54) is 4.90 Å². The molecule has 1 atom stereocenters. The smallest absolute Gasteiger partial charge is 0.249 e. The number of fused-ring (bicyclic) bond motifs is 2. The number of anilines is 1. The predicted molar refractivity (Wildman–Crippen MR) is 150 cm³/mol. The molecular formula is C31H27N5O4. The maximum atomic E-state index is 14.2. The molecule has 1 aliphatic heterocycles. The van der Waals surface area contributed by atoms with E-state index in [0.717, 1.165) is 16.6 Å². The first kappa shape index (κ1) is 25.1. The summed E-state index contributed by atoms with van der Waals surface area (Å²) in [4.78, 5) is 29.8. The van der Waals surface area contributed by atoms with E-state index in [-0.39, 0.29) is 25.2 Å². The zero-order valence-electron chi connectivity index (χ0n) is 21.9. The van der Waals surface area contributed by atoms with Crippen molar-refractivity contribution in [1.29, 1.82) is 0 Å². The number of hydrogen-bond donors (Lipinski definition) is 1. The Kier molecular flexibility index (Phi) is 6.84. The summed E-state index contributed by atoms with van der Waals surface area (Å²) in [6.07, 6.45) is 0. The van der Waals surface area contributed by atoms with Crippen LogP contribution < -0.4 is 19.7 Å². The van der Waals surface area contributed by atoms with Crippen molar-refractivity contribution < 1.29 is 19.1 Å². The average molecular weight is 534 g/mol. The van der Waals surface area contributed by atoms with Gasteiger partial charge in [0, 0.05) is 18.3 Å². The van der Waals surface area contributed by atoms with Gasteiger partial charge in [0.05, 0.1) is 5.52 Å². The van der Waals surface area contributed by atoms with Crippen LogP contribution in [0.5, 0.6) is 11.5 Å². The Labute approximate surface area is 230 Å². The molecule has 1 unspecified atom stereocenters. The van der Waals surface area contributed by atoms with Crippen molar-refractivity contribution in [3.05, 3.63) is 114 Å². The summed E-state index contributed by atoms with van der Waals surface area (Å²) in [7, 11) is 0. The van der Waals surface area contributed by atoms with E-state index in [2.05, 4.69) is 15.6 Å². The molecular weight excluding hydrogens is 506 g/mol. The minimum Gasteiger partial charge on any atom is -0.454 e. The molecule has 2 heterocycles. The summed E-state index contributed by atoms with van der Waals surface area (Å²) < 4.78 is 12.7. The summed E-state index contributed by atoms with van der Waals surface area (Å²) in [6, 6.07) is 29.0. The lowest BCUT2D eigenvalue weighted by molar-refractivity contribution is -0.127. The third kappa shape index (κ3) is 4.96. The van der Waals surface area contributed by atoms with Crippen LogP contribution in [0.15, 0.2) is 97.1 Å². The second-order valence-corrected chi connectivity index (χ2v) is 9.50. The highest BCUT2D eigenvalue weighted by atomic mass is 16.7. The highest BCUT2D eigenvalue weighted by Crippen LogP contribution is 2.38. The van der Waals surface area contributed by atoms with Crippen LogP contribution >= 0.6 is 0 Å². The fourth-order valence-electron chi connectivity index (χ4n) is 4.88. The van der Waals surface area contributed by atoms with Gasteiger partial charge in [0.25, 0.3) is 0 Å². The lowest BCUT2D eigenvalue weighted by atomic mass is 9.98. The van der Waals surface area contributed by atoms with Gasteiger partial charge in [0.1, 0.15) is 18.1 Å². The van der Waals surface area contributed by atoms with E-state index < -0.39 is 6.04 Å². The first-order chi connectivity index (χ1) is 19.6. The lowest BCUT2D eigenvalue weighted by Gasteiger charge is -2.32. The molecule has 1 N–H and O–H groups in total. The number of amides is 2. The Morgan fingerprint density at radius 1 is 0.925 bits per heavy atom. The Morgan fingerprint density at radius 2 is 1.68 bits per heavy atom. The zero-order valence-corrected chi connectivity index (χ0v) is 21.9. The molecule has 0 aliphatic carbocycles. The number of carbonyl (C=O) groups excluding carboxylic acids is 2. The molecule has 0 spiro atoms. The van der Waals surface area contributed by atoms with Gasteiger partial charge in [-0.05, 0) is 47.9 Å². The number of benzene rings is 4. The largest absolute Gasteiger partial charge is 0.454 e. The minimum absolute atomic E-state index is 0.0937. The van der Waals surface area contributed by atoms with E-state index >= 15 is 0 Å². The molecule has 2 amide bonds. The average Bonchev–Trinajstić information content (AvgIpc) is 3.62. The number of ether oxygens (including phenoxy) is 2. The van der Waals surface area contributed by atoms with E-state index in [0.29, 0.717) is 34.8 Å². The van der Waals surface area contributed by atoms with Gasteiger partial charge >= 0.3 is 0 Å². The quantitative estimate of drug-likeness (QED) is 0.314. The topological polar surface area (TPSA) is 98.6 Å². The molecule has 0 saturated heterocycles. The Hall–Kier alpha value is -5.18. The summed E-state index contributed by atoms with van der Waals surface area (Å²) in [5.74, 6) is 0.444. The number of nitrogens with zero attached hydrogens (tertiary/aromatic N) is 4. The molecule has 9 heteroatoms. The third-order valence-electron chi connectivity index (χ3n) is 6.91. The van der Waals surface area contributed by atoms with Gasteiger partial charge in [-0.3, -0.25) is 14.5 Å². The van der Waals surface area contributed by atoms with E-state index in [4.69, 9.17) is 9.47 Å². The molecule has 4 aromatic carbocycles. The summed E-state index contributed by atoms with van der Waals surface area (Å²) in [5.41, 5.74) is 4.45. The van der Waals surface area contributed by atoms with Crippen LogP contribution in [-0.4, -0.2) is 33.6 Å². The van der Waals surface area contributed by atoms with Crippen molar-refractivity contribution in [1.82, 2.24) is 20.3 Å². The van der Waals surface area contributed by atoms with Crippen LogP contribution in [0.25, 0.3) is 11.0 Å². The Balaban J connectivity index is 1.43. The van der Waals surface area contributed by atoms with Crippen molar-refractivity contribution in [2.45, 2.75) is 26.1 Å². The first-order valence-electron chi connectivity index (χ1n) is 13.0. The van der Waals surface area contributed by atoms with Crippen molar-refractivity contribution in [3.63, 3.8) is 0 Å². The standard InChI is InChI=1S/C31H27N5O4/c1-21-9-5-6-12-24(21)30(31(38)32-18-22-10-3-2-4-11-22)36(23-15-16-27-28(17-23)40-20-39-27)29(37)19-35-26-14-8-7-13-25(26)33-34-35/h2-17,30H,18-20H2,1H3,(H,32,38). The van der Waals surface area contributed by atoms with Crippen LogP contribution in [0.1, 0.15) is 22.7 Å². The van der Waals surface area contributed by atoms with Gasteiger partial charge in [-0.15, -0.1) is 5.10 Å². The van der Waals surface area contributed by atoms with E-state index in [9.17, 15) is 9.59 Å². The van der Waals surface area contributed by atoms with Crippen LogP contribution in [0, 0.1) is 6.92 Å². The number of para-hydroxylation sites is 1. The van der Waals surface area contributed by atoms with Gasteiger partial charge in [-0.25, -0.2) is 4.68 Å².